The lowest BCUT2D eigenvalue weighted by Gasteiger charge is -2.09. The van der Waals surface area contributed by atoms with E-state index in [0.29, 0.717) is 17.8 Å². The number of hydrogen-bond donors (Lipinski definition) is 1. The van der Waals surface area contributed by atoms with E-state index in [2.05, 4.69) is 10.1 Å². The van der Waals surface area contributed by atoms with Gasteiger partial charge in [-0.05, 0) is 30.7 Å². The summed E-state index contributed by atoms with van der Waals surface area (Å²) in [5.74, 6) is -1.79. The summed E-state index contributed by atoms with van der Waals surface area (Å²) in [5.41, 5.74) is -0.187. The van der Waals surface area contributed by atoms with Gasteiger partial charge < -0.3 is 14.8 Å². The molecule has 0 saturated carbocycles. The number of ketones is 1. The van der Waals surface area contributed by atoms with Crippen molar-refractivity contribution in [3.05, 3.63) is 51.7 Å². The van der Waals surface area contributed by atoms with Gasteiger partial charge in [0.25, 0.3) is 0 Å². The topological polar surface area (TPSA) is 81.7 Å². The van der Waals surface area contributed by atoms with E-state index in [4.69, 9.17) is 4.74 Å². The molecule has 27 heavy (non-hydrogen) atoms. The van der Waals surface area contributed by atoms with Crippen molar-refractivity contribution in [2.24, 2.45) is 0 Å². The first kappa shape index (κ1) is 20.5. The van der Waals surface area contributed by atoms with Gasteiger partial charge in [0.05, 0.1) is 4.88 Å². The molecule has 0 aliphatic rings. The second kappa shape index (κ2) is 9.77. The zero-order valence-corrected chi connectivity index (χ0v) is 15.2. The number of para-hydroxylation sites is 1. The summed E-state index contributed by atoms with van der Waals surface area (Å²) in [6, 6.07) is 8.76. The van der Waals surface area contributed by atoms with Gasteiger partial charge in [0.15, 0.2) is 6.61 Å². The van der Waals surface area contributed by atoms with E-state index in [1.165, 1.54) is 42.5 Å². The number of esters is 1. The van der Waals surface area contributed by atoms with Gasteiger partial charge in [-0.15, -0.1) is 11.3 Å². The maximum atomic E-state index is 12.4. The molecule has 2 rings (SSSR count). The van der Waals surface area contributed by atoms with Crippen LogP contribution in [0.15, 0.2) is 36.4 Å². The number of rotatable bonds is 9. The lowest BCUT2D eigenvalue weighted by atomic mass is 10.2. The van der Waals surface area contributed by atoms with Gasteiger partial charge in [-0.1, -0.05) is 12.1 Å². The standard InChI is InChI=1S/C18H17F2NO5S/c1-11(22)21-9-8-12-6-7-16(27-12)14(23)10-25-17(24)13-4-2-3-5-15(13)26-18(19)20/h2-7,18H,8-10H2,1H3,(H,21,22). The number of nitrogens with one attached hydrogen (secondary N) is 1. The number of ether oxygens (including phenoxy) is 2. The predicted molar refractivity (Wildman–Crippen MR) is 94.4 cm³/mol. The summed E-state index contributed by atoms with van der Waals surface area (Å²) in [6.45, 7) is -1.72. The Kier molecular flexibility index (Phi) is 7.42. The summed E-state index contributed by atoms with van der Waals surface area (Å²) >= 11 is 1.24. The minimum Gasteiger partial charge on any atom is -0.454 e. The maximum Gasteiger partial charge on any atom is 0.387 e. The minimum atomic E-state index is -3.08. The van der Waals surface area contributed by atoms with Crippen LogP contribution in [-0.4, -0.2) is 37.4 Å². The van der Waals surface area contributed by atoms with Crippen molar-refractivity contribution < 1.29 is 32.6 Å². The van der Waals surface area contributed by atoms with Crippen molar-refractivity contribution in [3.8, 4) is 5.75 Å². The Morgan fingerprint density at radius 2 is 1.89 bits per heavy atom. The summed E-state index contributed by atoms with van der Waals surface area (Å²) in [4.78, 5) is 36.3. The molecule has 0 aliphatic heterocycles. The zero-order chi connectivity index (χ0) is 19.8. The molecule has 144 valence electrons. The zero-order valence-electron chi connectivity index (χ0n) is 14.4. The second-order valence-corrected chi connectivity index (χ2v) is 6.54. The number of carbonyl (C=O) groups excluding carboxylic acids is 3. The van der Waals surface area contributed by atoms with Crippen molar-refractivity contribution in [2.45, 2.75) is 20.0 Å². The van der Waals surface area contributed by atoms with E-state index in [9.17, 15) is 23.2 Å². The summed E-state index contributed by atoms with van der Waals surface area (Å²) in [5, 5.41) is 2.66. The lowest BCUT2D eigenvalue weighted by molar-refractivity contribution is -0.118. The maximum absolute atomic E-state index is 12.4. The number of halogens is 2. The first-order valence-electron chi connectivity index (χ1n) is 7.94. The molecule has 0 atom stereocenters. The SMILES string of the molecule is CC(=O)NCCc1ccc(C(=O)COC(=O)c2ccccc2OC(F)F)s1. The number of carbonyl (C=O) groups is 3. The van der Waals surface area contributed by atoms with Crippen molar-refractivity contribution in [2.75, 3.05) is 13.2 Å². The van der Waals surface area contributed by atoms with Gasteiger partial charge in [0, 0.05) is 18.3 Å². The Balaban J connectivity index is 1.91. The molecule has 0 spiro atoms. The highest BCUT2D eigenvalue weighted by Crippen LogP contribution is 2.22. The highest BCUT2D eigenvalue weighted by Gasteiger charge is 2.18. The number of benzene rings is 1. The molecule has 0 saturated heterocycles. The quantitative estimate of drug-likeness (QED) is 0.520. The summed E-state index contributed by atoms with van der Waals surface area (Å²) in [6.07, 6.45) is 0.579. The number of alkyl halides is 2. The minimum absolute atomic E-state index is 0.133. The highest BCUT2D eigenvalue weighted by atomic mass is 32.1. The Morgan fingerprint density at radius 1 is 1.15 bits per heavy atom. The van der Waals surface area contributed by atoms with Crippen LogP contribution in [0.1, 0.15) is 31.8 Å². The van der Waals surface area contributed by atoms with E-state index < -0.39 is 25.0 Å². The smallest absolute Gasteiger partial charge is 0.387 e. The molecule has 1 heterocycles. The average Bonchev–Trinajstić information content (AvgIpc) is 3.08. The van der Waals surface area contributed by atoms with Crippen LogP contribution in [0.4, 0.5) is 8.78 Å². The van der Waals surface area contributed by atoms with Crippen molar-refractivity contribution in [1.29, 1.82) is 0 Å². The van der Waals surface area contributed by atoms with Gasteiger partial charge >= 0.3 is 12.6 Å². The predicted octanol–water partition coefficient (Wildman–Crippen LogP) is 3.07. The molecular formula is C18H17F2NO5S. The molecule has 0 unspecified atom stereocenters. The molecule has 9 heteroatoms. The average molecular weight is 397 g/mol. The van der Waals surface area contributed by atoms with Crippen LogP contribution in [-0.2, 0) is 16.0 Å². The van der Waals surface area contributed by atoms with Gasteiger partial charge in [-0.2, -0.15) is 8.78 Å². The van der Waals surface area contributed by atoms with Crippen LogP contribution in [0.5, 0.6) is 5.75 Å². The Hall–Kier alpha value is -2.81. The summed E-state index contributed by atoms with van der Waals surface area (Å²) in [7, 11) is 0. The fourth-order valence-electron chi connectivity index (χ4n) is 2.14. The van der Waals surface area contributed by atoms with Gasteiger partial charge in [0.2, 0.25) is 11.7 Å². The number of amides is 1. The Morgan fingerprint density at radius 3 is 2.59 bits per heavy atom. The van der Waals surface area contributed by atoms with Crippen molar-refractivity contribution in [3.63, 3.8) is 0 Å². The monoisotopic (exact) mass is 397 g/mol. The number of hydrogen-bond acceptors (Lipinski definition) is 6. The molecule has 1 aromatic carbocycles. The number of thiophene rings is 1. The van der Waals surface area contributed by atoms with E-state index in [1.54, 1.807) is 12.1 Å². The molecule has 1 N–H and O–H groups in total. The van der Waals surface area contributed by atoms with E-state index in [0.717, 1.165) is 4.88 Å². The van der Waals surface area contributed by atoms with Gasteiger partial charge in [-0.3, -0.25) is 9.59 Å². The van der Waals surface area contributed by atoms with Crippen molar-refractivity contribution in [1.82, 2.24) is 5.32 Å². The Bertz CT molecular complexity index is 822. The van der Waals surface area contributed by atoms with Crippen LogP contribution in [0.2, 0.25) is 0 Å². The van der Waals surface area contributed by atoms with Crippen LogP contribution in [0.3, 0.4) is 0 Å². The van der Waals surface area contributed by atoms with Gasteiger partial charge in [-0.25, -0.2) is 4.79 Å². The molecule has 0 bridgehead atoms. The largest absolute Gasteiger partial charge is 0.454 e. The first-order valence-corrected chi connectivity index (χ1v) is 8.75. The van der Waals surface area contributed by atoms with Crippen LogP contribution >= 0.6 is 11.3 Å². The van der Waals surface area contributed by atoms with Gasteiger partial charge in [0.1, 0.15) is 11.3 Å². The van der Waals surface area contributed by atoms with E-state index in [1.807, 2.05) is 0 Å². The molecule has 0 aliphatic carbocycles. The molecular weight excluding hydrogens is 380 g/mol. The van der Waals surface area contributed by atoms with E-state index in [-0.39, 0.29) is 17.2 Å². The third-order valence-electron chi connectivity index (χ3n) is 3.34. The summed E-state index contributed by atoms with van der Waals surface area (Å²) < 4.78 is 34.0. The third-order valence-corrected chi connectivity index (χ3v) is 4.53. The van der Waals surface area contributed by atoms with E-state index >= 15 is 0 Å². The fraction of sp³-hybridized carbons (Fsp3) is 0.278. The Labute approximate surface area is 158 Å². The molecule has 2 aromatic rings. The molecule has 0 radical (unpaired) electrons. The normalized spacial score (nSPS) is 10.5. The third kappa shape index (κ3) is 6.45. The molecule has 6 nitrogen and oxygen atoms in total. The molecule has 1 amide bonds. The number of Topliss-reactive ketones (excluding diaryl/α,β-unsaturated/α-hetero) is 1. The first-order chi connectivity index (χ1) is 12.9. The van der Waals surface area contributed by atoms with Crippen LogP contribution in [0.25, 0.3) is 0 Å². The second-order valence-electron chi connectivity index (χ2n) is 5.37. The van der Waals surface area contributed by atoms with Crippen LogP contribution < -0.4 is 10.1 Å². The fourth-order valence-corrected chi connectivity index (χ4v) is 3.07. The molecule has 0 fully saturated rings. The van der Waals surface area contributed by atoms with Crippen molar-refractivity contribution >= 4 is 29.0 Å². The van der Waals surface area contributed by atoms with Crippen LogP contribution in [0, 0.1) is 0 Å². The molecule has 1 aromatic heterocycles. The lowest BCUT2D eigenvalue weighted by Crippen LogP contribution is -2.22. The highest BCUT2D eigenvalue weighted by molar-refractivity contribution is 7.14.